The summed E-state index contributed by atoms with van der Waals surface area (Å²) in [5, 5.41) is 9.75. The molecule has 0 saturated carbocycles. The molecule has 0 aliphatic rings. The number of anilines is 1. The number of methoxy groups -OCH3 is 2. The summed E-state index contributed by atoms with van der Waals surface area (Å²) < 4.78 is 10.8. The molecule has 26 heavy (non-hydrogen) atoms. The van der Waals surface area contributed by atoms with Gasteiger partial charge in [-0.1, -0.05) is 30.3 Å². The summed E-state index contributed by atoms with van der Waals surface area (Å²) in [6, 6.07) is 17.5. The third-order valence-electron chi connectivity index (χ3n) is 4.26. The number of pyridine rings is 1. The summed E-state index contributed by atoms with van der Waals surface area (Å²) in [6.45, 7) is 1.89. The molecule has 5 nitrogen and oxygen atoms in total. The average molecular weight is 345 g/mol. The zero-order valence-electron chi connectivity index (χ0n) is 14.9. The number of aromatic nitrogens is 1. The fourth-order valence-corrected chi connectivity index (χ4v) is 3.07. The predicted octanol–water partition coefficient (Wildman–Crippen LogP) is 4.20. The maximum Gasteiger partial charge on any atom is 0.142 e. The van der Waals surface area contributed by atoms with Gasteiger partial charge in [0.05, 0.1) is 14.2 Å². The van der Waals surface area contributed by atoms with Crippen LogP contribution >= 0.6 is 0 Å². The Labute approximate surface area is 152 Å². The zero-order chi connectivity index (χ0) is 18.7. The Hall–Kier alpha value is -3.52. The number of nitrogens with zero attached hydrogens (tertiary/aromatic N) is 2. The van der Waals surface area contributed by atoms with Crippen LogP contribution in [-0.2, 0) is 0 Å². The molecule has 5 heteroatoms. The van der Waals surface area contributed by atoms with E-state index in [1.54, 1.807) is 20.3 Å². The van der Waals surface area contributed by atoms with Crippen molar-refractivity contribution in [1.82, 2.24) is 4.98 Å². The number of ether oxygens (including phenoxy) is 2. The average Bonchev–Trinajstić information content (AvgIpc) is 2.67. The number of nitrogens with two attached hydrogens (primary N) is 1. The highest BCUT2D eigenvalue weighted by molar-refractivity contribution is 5.93. The normalized spacial score (nSPS) is 10.2. The fourth-order valence-electron chi connectivity index (χ4n) is 3.07. The summed E-state index contributed by atoms with van der Waals surface area (Å²) in [7, 11) is 3.18. The van der Waals surface area contributed by atoms with Crippen LogP contribution < -0.4 is 15.2 Å². The van der Waals surface area contributed by atoms with Crippen LogP contribution in [0.25, 0.3) is 22.3 Å². The topological polar surface area (TPSA) is 81.2 Å². The van der Waals surface area contributed by atoms with Gasteiger partial charge >= 0.3 is 0 Å². The van der Waals surface area contributed by atoms with Crippen molar-refractivity contribution in [2.75, 3.05) is 20.0 Å². The van der Waals surface area contributed by atoms with Crippen molar-refractivity contribution in [2.24, 2.45) is 0 Å². The van der Waals surface area contributed by atoms with Gasteiger partial charge in [0.25, 0.3) is 0 Å². The SMILES string of the molecule is COc1ccc(-c2c(C#N)c(N)nc(C)c2-c2ccccc2)c(OC)c1. The molecule has 130 valence electrons. The van der Waals surface area contributed by atoms with Crippen LogP contribution in [0.4, 0.5) is 5.82 Å². The van der Waals surface area contributed by atoms with Crippen LogP contribution in [-0.4, -0.2) is 19.2 Å². The van der Waals surface area contributed by atoms with Gasteiger partial charge in [-0.15, -0.1) is 0 Å². The maximum atomic E-state index is 9.75. The lowest BCUT2D eigenvalue weighted by atomic mass is 9.89. The van der Waals surface area contributed by atoms with Gasteiger partial charge in [-0.05, 0) is 24.6 Å². The van der Waals surface area contributed by atoms with Crippen LogP contribution in [0.2, 0.25) is 0 Å². The van der Waals surface area contributed by atoms with Gasteiger partial charge in [0, 0.05) is 28.5 Å². The number of rotatable bonds is 4. The molecule has 1 aromatic heterocycles. The molecule has 2 N–H and O–H groups in total. The number of benzene rings is 2. The minimum Gasteiger partial charge on any atom is -0.497 e. The van der Waals surface area contributed by atoms with Gasteiger partial charge in [-0.3, -0.25) is 0 Å². The third-order valence-corrected chi connectivity index (χ3v) is 4.26. The van der Waals surface area contributed by atoms with Crippen LogP contribution in [0.5, 0.6) is 11.5 Å². The number of aryl methyl sites for hydroxylation is 1. The monoisotopic (exact) mass is 345 g/mol. The van der Waals surface area contributed by atoms with Crippen LogP contribution in [0.3, 0.4) is 0 Å². The van der Waals surface area contributed by atoms with E-state index in [0.29, 0.717) is 22.6 Å². The third kappa shape index (κ3) is 2.93. The molecule has 1 heterocycles. The summed E-state index contributed by atoms with van der Waals surface area (Å²) in [6.07, 6.45) is 0. The summed E-state index contributed by atoms with van der Waals surface area (Å²) in [5.41, 5.74) is 10.4. The van der Waals surface area contributed by atoms with E-state index in [9.17, 15) is 5.26 Å². The quantitative estimate of drug-likeness (QED) is 0.766. The van der Waals surface area contributed by atoms with Gasteiger partial charge in [0.1, 0.15) is 28.9 Å². The van der Waals surface area contributed by atoms with Gasteiger partial charge in [-0.25, -0.2) is 4.98 Å². The molecule has 0 bridgehead atoms. The Bertz CT molecular complexity index is 992. The Kier molecular flexibility index (Phi) is 4.76. The largest absolute Gasteiger partial charge is 0.497 e. The molecule has 0 spiro atoms. The Morgan fingerprint density at radius 2 is 1.73 bits per heavy atom. The lowest BCUT2D eigenvalue weighted by Gasteiger charge is -2.18. The lowest BCUT2D eigenvalue weighted by Crippen LogP contribution is -2.04. The van der Waals surface area contributed by atoms with E-state index in [-0.39, 0.29) is 5.82 Å². The number of nitrogen functional groups attached to an aromatic ring is 1. The van der Waals surface area contributed by atoms with Crippen molar-refractivity contribution in [3.8, 4) is 39.8 Å². The van der Waals surface area contributed by atoms with E-state index in [1.165, 1.54) is 0 Å². The standard InChI is InChI=1S/C21H19N3O2/c1-13-19(14-7-5-4-6-8-14)20(17(12-22)21(23)24-13)16-10-9-15(25-2)11-18(16)26-3/h4-11H,1-3H3,(H2,23,24). The molecule has 0 amide bonds. The van der Waals surface area contributed by atoms with Gasteiger partial charge in [0.15, 0.2) is 0 Å². The summed E-state index contributed by atoms with van der Waals surface area (Å²) in [5.74, 6) is 1.48. The molecular formula is C21H19N3O2. The second kappa shape index (κ2) is 7.16. The second-order valence-corrected chi connectivity index (χ2v) is 5.75. The predicted molar refractivity (Wildman–Crippen MR) is 102 cm³/mol. The molecule has 3 aromatic rings. The van der Waals surface area contributed by atoms with E-state index < -0.39 is 0 Å². The lowest BCUT2D eigenvalue weighted by molar-refractivity contribution is 0.395. The van der Waals surface area contributed by atoms with Crippen LogP contribution in [0.1, 0.15) is 11.3 Å². The molecule has 0 fully saturated rings. The molecule has 0 unspecified atom stereocenters. The number of hydrogen-bond acceptors (Lipinski definition) is 5. The van der Waals surface area contributed by atoms with Crippen molar-refractivity contribution in [2.45, 2.75) is 6.92 Å². The fraction of sp³-hybridized carbons (Fsp3) is 0.143. The van der Waals surface area contributed by atoms with E-state index in [0.717, 1.165) is 22.4 Å². The van der Waals surface area contributed by atoms with Crippen LogP contribution in [0, 0.1) is 18.3 Å². The molecule has 0 aliphatic heterocycles. The zero-order valence-corrected chi connectivity index (χ0v) is 14.9. The number of hydrogen-bond donors (Lipinski definition) is 1. The first-order chi connectivity index (χ1) is 12.6. The molecular weight excluding hydrogens is 326 g/mol. The Morgan fingerprint density at radius 3 is 2.35 bits per heavy atom. The molecule has 3 rings (SSSR count). The maximum absolute atomic E-state index is 9.75. The van der Waals surface area contributed by atoms with Crippen molar-refractivity contribution >= 4 is 5.82 Å². The first-order valence-corrected chi connectivity index (χ1v) is 8.08. The van der Waals surface area contributed by atoms with E-state index >= 15 is 0 Å². The highest BCUT2D eigenvalue weighted by Crippen LogP contribution is 2.43. The Balaban J connectivity index is 2.42. The molecule has 0 aliphatic carbocycles. The minimum absolute atomic E-state index is 0.206. The second-order valence-electron chi connectivity index (χ2n) is 5.75. The minimum atomic E-state index is 0.206. The molecule has 0 atom stereocenters. The van der Waals surface area contributed by atoms with Crippen molar-refractivity contribution in [3.63, 3.8) is 0 Å². The highest BCUT2D eigenvalue weighted by Gasteiger charge is 2.22. The first kappa shape index (κ1) is 17.3. The van der Waals surface area contributed by atoms with Gasteiger partial charge < -0.3 is 15.2 Å². The summed E-state index contributed by atoms with van der Waals surface area (Å²) >= 11 is 0. The Morgan fingerprint density at radius 1 is 1.00 bits per heavy atom. The van der Waals surface area contributed by atoms with E-state index in [2.05, 4.69) is 11.1 Å². The first-order valence-electron chi connectivity index (χ1n) is 8.08. The van der Waals surface area contributed by atoms with Crippen LogP contribution in [0.15, 0.2) is 48.5 Å². The molecule has 0 saturated heterocycles. The molecule has 0 radical (unpaired) electrons. The van der Waals surface area contributed by atoms with Crippen molar-refractivity contribution < 1.29 is 9.47 Å². The van der Waals surface area contributed by atoms with Crippen molar-refractivity contribution in [3.05, 3.63) is 59.8 Å². The van der Waals surface area contributed by atoms with E-state index in [1.807, 2.05) is 49.4 Å². The van der Waals surface area contributed by atoms with Gasteiger partial charge in [-0.2, -0.15) is 5.26 Å². The summed E-state index contributed by atoms with van der Waals surface area (Å²) in [4.78, 5) is 4.39. The smallest absolute Gasteiger partial charge is 0.142 e. The van der Waals surface area contributed by atoms with Crippen molar-refractivity contribution in [1.29, 1.82) is 5.26 Å². The number of nitriles is 1. The molecule has 2 aromatic carbocycles. The highest BCUT2D eigenvalue weighted by atomic mass is 16.5. The van der Waals surface area contributed by atoms with Gasteiger partial charge in [0.2, 0.25) is 0 Å². The van der Waals surface area contributed by atoms with E-state index in [4.69, 9.17) is 15.2 Å².